The summed E-state index contributed by atoms with van der Waals surface area (Å²) in [5.74, 6) is -0.0884. The number of rotatable bonds is 6. The van der Waals surface area contributed by atoms with E-state index in [1.807, 2.05) is 47.8 Å². The Morgan fingerprint density at radius 3 is 2.47 bits per heavy atom. The number of benzene rings is 2. The maximum atomic E-state index is 12.8. The van der Waals surface area contributed by atoms with Crippen molar-refractivity contribution in [3.8, 4) is 11.3 Å². The minimum atomic E-state index is -0.0884. The molecule has 0 unspecified atom stereocenters. The van der Waals surface area contributed by atoms with Crippen LogP contribution in [0, 0.1) is 6.92 Å². The van der Waals surface area contributed by atoms with Gasteiger partial charge in [-0.25, -0.2) is 4.99 Å². The molecule has 2 heterocycles. The normalized spacial score (nSPS) is 11.6. The molecule has 6 heteroatoms. The van der Waals surface area contributed by atoms with Gasteiger partial charge in [-0.15, -0.1) is 11.3 Å². The van der Waals surface area contributed by atoms with Crippen LogP contribution in [-0.4, -0.2) is 10.5 Å². The number of carbonyl (C=O) groups is 1. The highest BCUT2D eigenvalue weighted by atomic mass is 32.1. The molecule has 4 rings (SSSR count). The van der Waals surface area contributed by atoms with Crippen LogP contribution in [-0.2, 0) is 6.54 Å². The number of para-hydroxylation sites is 1. The fraction of sp³-hybridized carbons (Fsp3) is 0.167. The summed E-state index contributed by atoms with van der Waals surface area (Å²) in [5, 5.41) is 5.87. The number of amides is 1. The van der Waals surface area contributed by atoms with Crippen LogP contribution in [0.4, 0.5) is 10.7 Å². The zero-order chi connectivity index (χ0) is 20.9. The first-order chi connectivity index (χ1) is 14.7. The summed E-state index contributed by atoms with van der Waals surface area (Å²) < 4.78 is 2.21. The number of aryl methyl sites for hydroxylation is 1. The number of nitrogens with one attached hydrogen (secondary N) is 1. The van der Waals surface area contributed by atoms with E-state index in [1.54, 1.807) is 0 Å². The van der Waals surface area contributed by atoms with Crippen molar-refractivity contribution in [2.24, 2.45) is 4.99 Å². The highest BCUT2D eigenvalue weighted by Crippen LogP contribution is 2.32. The molecule has 30 heavy (non-hydrogen) atoms. The summed E-state index contributed by atoms with van der Waals surface area (Å²) in [6.07, 6.45) is 0.968. The Balaban J connectivity index is 1.88. The first-order valence-corrected chi connectivity index (χ1v) is 11.6. The third kappa shape index (κ3) is 4.45. The second-order valence-electron chi connectivity index (χ2n) is 6.96. The largest absolute Gasteiger partial charge is 0.315 e. The van der Waals surface area contributed by atoms with E-state index >= 15 is 0 Å². The van der Waals surface area contributed by atoms with Crippen LogP contribution in [0.3, 0.4) is 0 Å². The number of thiophene rings is 1. The van der Waals surface area contributed by atoms with Crippen LogP contribution in [0.5, 0.6) is 0 Å². The van der Waals surface area contributed by atoms with Gasteiger partial charge >= 0.3 is 0 Å². The lowest BCUT2D eigenvalue weighted by atomic mass is 10.1. The average Bonchev–Trinajstić information content (AvgIpc) is 3.39. The van der Waals surface area contributed by atoms with Gasteiger partial charge < -0.3 is 9.88 Å². The molecule has 152 valence electrons. The number of anilines is 1. The van der Waals surface area contributed by atoms with Crippen LogP contribution in [0.25, 0.3) is 11.3 Å². The molecule has 2 aromatic heterocycles. The van der Waals surface area contributed by atoms with Gasteiger partial charge in [0.1, 0.15) is 5.00 Å². The molecule has 1 amide bonds. The van der Waals surface area contributed by atoms with Crippen LogP contribution < -0.4 is 10.1 Å². The maximum Gasteiger partial charge on any atom is 0.266 e. The molecule has 1 N–H and O–H groups in total. The zero-order valence-corrected chi connectivity index (χ0v) is 18.6. The van der Waals surface area contributed by atoms with Gasteiger partial charge in [0.15, 0.2) is 4.80 Å². The standard InChI is InChI=1S/C24H23N3OS2/c1-3-15-27-21(18-13-11-17(2)12-14-18)23(26-22(28)20-10-7-16-29-20)30-24(27)25-19-8-5-4-6-9-19/h4-14,16H,3,15H2,1-2H3,(H,26,28). The van der Waals surface area contributed by atoms with Crippen molar-refractivity contribution in [2.75, 3.05) is 5.32 Å². The Morgan fingerprint density at radius 2 is 1.80 bits per heavy atom. The zero-order valence-electron chi connectivity index (χ0n) is 17.0. The topological polar surface area (TPSA) is 46.4 Å². The Morgan fingerprint density at radius 1 is 1.03 bits per heavy atom. The van der Waals surface area contributed by atoms with Gasteiger partial charge in [0.25, 0.3) is 5.91 Å². The van der Waals surface area contributed by atoms with E-state index < -0.39 is 0 Å². The first-order valence-electron chi connectivity index (χ1n) is 9.91. The van der Waals surface area contributed by atoms with E-state index in [9.17, 15) is 4.79 Å². The molecule has 0 aliphatic rings. The Labute approximate surface area is 184 Å². The van der Waals surface area contributed by atoms with Crippen molar-refractivity contribution < 1.29 is 4.79 Å². The lowest BCUT2D eigenvalue weighted by molar-refractivity contribution is 0.103. The van der Waals surface area contributed by atoms with Gasteiger partial charge in [0.2, 0.25) is 0 Å². The molecule has 0 fully saturated rings. The molecule has 0 saturated heterocycles. The van der Waals surface area contributed by atoms with Gasteiger partial charge in [-0.3, -0.25) is 4.79 Å². The third-order valence-electron chi connectivity index (χ3n) is 4.63. The Hall–Kier alpha value is -2.96. The second kappa shape index (κ2) is 9.24. The van der Waals surface area contributed by atoms with Gasteiger partial charge in [-0.1, -0.05) is 72.4 Å². The van der Waals surface area contributed by atoms with Gasteiger partial charge in [-0.2, -0.15) is 0 Å². The molecule has 0 bridgehead atoms. The minimum absolute atomic E-state index is 0.0884. The molecule has 4 nitrogen and oxygen atoms in total. The van der Waals surface area contributed by atoms with Gasteiger partial charge in [0, 0.05) is 12.1 Å². The Kier molecular flexibility index (Phi) is 6.26. The molecular formula is C24H23N3OS2. The monoisotopic (exact) mass is 433 g/mol. The lowest BCUT2D eigenvalue weighted by Gasteiger charge is -2.11. The Bertz CT molecular complexity index is 1190. The summed E-state index contributed by atoms with van der Waals surface area (Å²) in [6.45, 7) is 5.05. The minimum Gasteiger partial charge on any atom is -0.315 e. The number of hydrogen-bond donors (Lipinski definition) is 1. The number of carbonyl (C=O) groups excluding carboxylic acids is 1. The number of nitrogens with zero attached hydrogens (tertiary/aromatic N) is 2. The van der Waals surface area contributed by atoms with E-state index in [-0.39, 0.29) is 5.91 Å². The molecule has 0 saturated carbocycles. The lowest BCUT2D eigenvalue weighted by Crippen LogP contribution is -2.16. The van der Waals surface area contributed by atoms with E-state index in [1.165, 1.54) is 28.2 Å². The second-order valence-corrected chi connectivity index (χ2v) is 8.88. The van der Waals surface area contributed by atoms with Crippen molar-refractivity contribution >= 4 is 39.3 Å². The van der Waals surface area contributed by atoms with Crippen molar-refractivity contribution in [3.05, 3.63) is 87.4 Å². The summed E-state index contributed by atoms with van der Waals surface area (Å²) in [4.78, 5) is 19.3. The summed E-state index contributed by atoms with van der Waals surface area (Å²) in [7, 11) is 0. The van der Waals surface area contributed by atoms with Crippen LogP contribution >= 0.6 is 22.7 Å². The molecule has 0 radical (unpaired) electrons. The SMILES string of the molecule is CCCn1c(-c2ccc(C)cc2)c(NC(=O)c2cccs2)sc1=Nc1ccccc1. The average molecular weight is 434 g/mol. The molecule has 0 aliphatic carbocycles. The molecule has 0 spiro atoms. The smallest absolute Gasteiger partial charge is 0.266 e. The van der Waals surface area contributed by atoms with E-state index in [4.69, 9.17) is 4.99 Å². The number of aromatic nitrogens is 1. The number of thiazole rings is 1. The third-order valence-corrected chi connectivity index (χ3v) is 6.50. The van der Waals surface area contributed by atoms with Crippen molar-refractivity contribution in [1.82, 2.24) is 4.57 Å². The fourth-order valence-electron chi connectivity index (χ4n) is 3.20. The predicted octanol–water partition coefficient (Wildman–Crippen LogP) is 6.48. The molecular weight excluding hydrogens is 410 g/mol. The van der Waals surface area contributed by atoms with Crippen molar-refractivity contribution in [2.45, 2.75) is 26.8 Å². The fourth-order valence-corrected chi connectivity index (χ4v) is 4.91. The van der Waals surface area contributed by atoms with Gasteiger partial charge in [0.05, 0.1) is 16.3 Å². The molecule has 0 atom stereocenters. The van der Waals surface area contributed by atoms with E-state index in [0.717, 1.165) is 39.7 Å². The van der Waals surface area contributed by atoms with E-state index in [2.05, 4.69) is 48.0 Å². The van der Waals surface area contributed by atoms with Crippen molar-refractivity contribution in [1.29, 1.82) is 0 Å². The van der Waals surface area contributed by atoms with Crippen LogP contribution in [0.15, 0.2) is 77.1 Å². The first kappa shape index (κ1) is 20.3. The highest BCUT2D eigenvalue weighted by Gasteiger charge is 2.18. The van der Waals surface area contributed by atoms with Crippen LogP contribution in [0.2, 0.25) is 0 Å². The maximum absolute atomic E-state index is 12.8. The summed E-state index contributed by atoms with van der Waals surface area (Å²) in [6, 6.07) is 22.1. The number of hydrogen-bond acceptors (Lipinski definition) is 4. The molecule has 0 aliphatic heterocycles. The predicted molar refractivity (Wildman–Crippen MR) is 127 cm³/mol. The van der Waals surface area contributed by atoms with Gasteiger partial charge in [-0.05, 0) is 36.9 Å². The highest BCUT2D eigenvalue weighted by molar-refractivity contribution is 7.14. The summed E-state index contributed by atoms with van der Waals surface area (Å²) >= 11 is 2.95. The van der Waals surface area contributed by atoms with Crippen molar-refractivity contribution in [3.63, 3.8) is 0 Å². The quantitative estimate of drug-likeness (QED) is 0.372. The van der Waals surface area contributed by atoms with E-state index in [0.29, 0.717) is 4.88 Å². The molecule has 2 aromatic carbocycles. The summed E-state index contributed by atoms with van der Waals surface area (Å²) in [5.41, 5.74) is 4.17. The molecule has 4 aromatic rings. The van der Waals surface area contributed by atoms with Crippen LogP contribution in [0.1, 0.15) is 28.6 Å².